The van der Waals surface area contributed by atoms with Gasteiger partial charge in [0.1, 0.15) is 18.0 Å². The lowest BCUT2D eigenvalue weighted by Gasteiger charge is -2.40. The highest BCUT2D eigenvalue weighted by Gasteiger charge is 2.40. The lowest BCUT2D eigenvalue weighted by atomic mass is 9.88. The van der Waals surface area contributed by atoms with E-state index < -0.39 is 18.2 Å². The van der Waals surface area contributed by atoms with Gasteiger partial charge in [-0.15, -0.1) is 0 Å². The molecule has 0 saturated heterocycles. The molecule has 2 aromatic carbocycles. The molecule has 0 heterocycles. The number of para-hydroxylation sites is 1. The Morgan fingerprint density at radius 2 is 1.94 bits per heavy atom. The van der Waals surface area contributed by atoms with Crippen molar-refractivity contribution in [3.8, 4) is 5.75 Å². The molecule has 3 atom stereocenters. The van der Waals surface area contributed by atoms with Crippen LogP contribution in [0, 0.1) is 3.57 Å². The average molecular weight is 619 g/mol. The molecule has 2 aromatic rings. The molecule has 1 aliphatic rings. The molecule has 0 spiro atoms. The summed E-state index contributed by atoms with van der Waals surface area (Å²) in [7, 11) is 0. The Bertz CT molecular complexity index is 1080. The van der Waals surface area contributed by atoms with Gasteiger partial charge in [0.05, 0.1) is 26.3 Å². The summed E-state index contributed by atoms with van der Waals surface area (Å²) in [6, 6.07) is 11.7. The average Bonchev–Trinajstić information content (AvgIpc) is 2.81. The molecular weight excluding hydrogens is 594 g/mol. The molecule has 0 unspecified atom stereocenters. The van der Waals surface area contributed by atoms with Crippen molar-refractivity contribution in [3.05, 3.63) is 73.3 Å². The molecule has 0 saturated carbocycles. The summed E-state index contributed by atoms with van der Waals surface area (Å²) in [5.41, 5.74) is 1.09. The van der Waals surface area contributed by atoms with Crippen LogP contribution in [0.2, 0.25) is 10.0 Å². The molecule has 7 nitrogen and oxygen atoms in total. The molecule has 2 amide bonds. The number of carbonyl (C=O) groups excluding carboxylic acids is 2. The number of carbonyl (C=O) groups is 2. The number of nitrogens with one attached hydrogen (secondary N) is 1. The number of hydrogen-bond acceptors (Lipinski definition) is 5. The second-order valence-corrected chi connectivity index (χ2v) is 9.82. The number of aliphatic hydroxyl groups excluding tert-OH is 2. The summed E-state index contributed by atoms with van der Waals surface area (Å²) in [5, 5.41) is 23.7. The standard InChI is InChI=1S/C24H25Cl2IN2O5/c1-14(31)29(13-15-6-7-17(25)18(26)10-15)20-11-16(24(33)28-8-9-30)12-22(23(20)32)34-21-5-3-2-4-19(21)27/h2-7,10,12,20,22-23,30,32H,8-9,11,13H2,1H3,(H,28,33)/t20-,22+,23+/m1/s1. The van der Waals surface area contributed by atoms with Crippen molar-refractivity contribution in [1.82, 2.24) is 10.2 Å². The molecule has 3 N–H and O–H groups in total. The molecule has 0 aliphatic heterocycles. The van der Waals surface area contributed by atoms with E-state index in [0.717, 1.165) is 9.13 Å². The number of rotatable bonds is 8. The predicted molar refractivity (Wildman–Crippen MR) is 139 cm³/mol. The number of ether oxygens (including phenoxy) is 1. The largest absolute Gasteiger partial charge is 0.482 e. The normalized spacial score (nSPS) is 19.8. The van der Waals surface area contributed by atoms with E-state index in [1.54, 1.807) is 30.3 Å². The van der Waals surface area contributed by atoms with Gasteiger partial charge in [-0.1, -0.05) is 41.4 Å². The third-order valence-electron chi connectivity index (χ3n) is 5.46. The zero-order chi connectivity index (χ0) is 24.8. The van der Waals surface area contributed by atoms with Gasteiger partial charge in [-0.25, -0.2) is 0 Å². The molecule has 34 heavy (non-hydrogen) atoms. The van der Waals surface area contributed by atoms with Crippen molar-refractivity contribution in [3.63, 3.8) is 0 Å². The van der Waals surface area contributed by atoms with Crippen molar-refractivity contribution in [2.24, 2.45) is 0 Å². The molecule has 0 bridgehead atoms. The minimum absolute atomic E-state index is 0.0885. The first kappa shape index (κ1) is 26.7. The number of hydrogen-bond donors (Lipinski definition) is 3. The Hall–Kier alpha value is -1.85. The summed E-state index contributed by atoms with van der Waals surface area (Å²) in [5.74, 6) is -0.112. The topological polar surface area (TPSA) is 99.1 Å². The van der Waals surface area contributed by atoms with Crippen LogP contribution in [0.4, 0.5) is 0 Å². The van der Waals surface area contributed by atoms with Crippen LogP contribution in [0.15, 0.2) is 54.1 Å². The molecule has 0 aromatic heterocycles. The SMILES string of the molecule is CC(=O)N(Cc1ccc(Cl)c(Cl)c1)[C@@H]1CC(C(=O)NCCO)=C[C@H](Oc2ccccc2I)[C@H]1O. The van der Waals surface area contributed by atoms with E-state index in [0.29, 0.717) is 21.4 Å². The summed E-state index contributed by atoms with van der Waals surface area (Å²) in [6.45, 7) is 1.45. The second-order valence-electron chi connectivity index (χ2n) is 7.84. The van der Waals surface area contributed by atoms with Crippen LogP contribution in [-0.4, -0.2) is 58.3 Å². The van der Waals surface area contributed by atoms with Crippen LogP contribution in [-0.2, 0) is 16.1 Å². The Kier molecular flexibility index (Phi) is 9.61. The summed E-state index contributed by atoms with van der Waals surface area (Å²) in [6.07, 6.45) is -0.281. The van der Waals surface area contributed by atoms with Crippen molar-refractivity contribution < 1.29 is 24.5 Å². The minimum Gasteiger partial charge on any atom is -0.482 e. The lowest BCUT2D eigenvalue weighted by Crippen LogP contribution is -2.54. The molecular formula is C24H25Cl2IN2O5. The molecule has 10 heteroatoms. The highest BCUT2D eigenvalue weighted by atomic mass is 127. The van der Waals surface area contributed by atoms with Gasteiger partial charge in [0, 0.05) is 32.0 Å². The Morgan fingerprint density at radius 3 is 2.59 bits per heavy atom. The molecule has 3 rings (SSSR count). The predicted octanol–water partition coefficient (Wildman–Crippen LogP) is 3.56. The van der Waals surface area contributed by atoms with Crippen LogP contribution >= 0.6 is 45.8 Å². The molecule has 182 valence electrons. The van der Waals surface area contributed by atoms with E-state index in [1.165, 1.54) is 11.8 Å². The number of benzene rings is 2. The zero-order valence-electron chi connectivity index (χ0n) is 18.4. The van der Waals surface area contributed by atoms with Gasteiger partial charge in [-0.2, -0.15) is 0 Å². The van der Waals surface area contributed by atoms with Gasteiger partial charge in [0.2, 0.25) is 11.8 Å². The summed E-state index contributed by atoms with van der Waals surface area (Å²) in [4.78, 5) is 26.9. The van der Waals surface area contributed by atoms with Crippen molar-refractivity contribution in [1.29, 1.82) is 0 Å². The van der Waals surface area contributed by atoms with Gasteiger partial charge in [-0.05, 0) is 58.5 Å². The van der Waals surface area contributed by atoms with E-state index >= 15 is 0 Å². The minimum atomic E-state index is -1.10. The van der Waals surface area contributed by atoms with E-state index in [1.807, 2.05) is 18.2 Å². The molecule has 0 fully saturated rings. The van der Waals surface area contributed by atoms with E-state index in [9.17, 15) is 14.7 Å². The zero-order valence-corrected chi connectivity index (χ0v) is 22.0. The number of aliphatic hydroxyl groups is 2. The first-order valence-corrected chi connectivity index (χ1v) is 12.4. The van der Waals surface area contributed by atoms with Gasteiger partial charge >= 0.3 is 0 Å². The fourth-order valence-electron chi connectivity index (χ4n) is 3.76. The number of halogens is 3. The maximum absolute atomic E-state index is 12.7. The number of nitrogens with zero attached hydrogens (tertiary/aromatic N) is 1. The van der Waals surface area contributed by atoms with Gasteiger partial charge in [0.15, 0.2) is 0 Å². The molecule has 1 aliphatic carbocycles. The quantitative estimate of drug-likeness (QED) is 0.393. The highest BCUT2D eigenvalue weighted by Crippen LogP contribution is 2.31. The van der Waals surface area contributed by atoms with Crippen LogP contribution in [0.3, 0.4) is 0 Å². The van der Waals surface area contributed by atoms with Crippen LogP contribution in [0.25, 0.3) is 0 Å². The van der Waals surface area contributed by atoms with Gasteiger partial charge in [0.25, 0.3) is 0 Å². The maximum atomic E-state index is 12.7. The van der Waals surface area contributed by atoms with Crippen LogP contribution in [0.1, 0.15) is 18.9 Å². The third kappa shape index (κ3) is 6.63. The van der Waals surface area contributed by atoms with Crippen molar-refractivity contribution >= 4 is 57.6 Å². The Morgan fingerprint density at radius 1 is 1.21 bits per heavy atom. The van der Waals surface area contributed by atoms with E-state index in [4.69, 9.17) is 33.0 Å². The van der Waals surface area contributed by atoms with Crippen molar-refractivity contribution in [2.75, 3.05) is 13.2 Å². The van der Waals surface area contributed by atoms with E-state index in [-0.39, 0.29) is 37.9 Å². The van der Waals surface area contributed by atoms with Crippen LogP contribution in [0.5, 0.6) is 5.75 Å². The Labute approximate surface area is 221 Å². The Balaban J connectivity index is 1.94. The fraction of sp³-hybridized carbons (Fsp3) is 0.333. The first-order chi connectivity index (χ1) is 16.2. The lowest BCUT2D eigenvalue weighted by molar-refractivity contribution is -0.137. The first-order valence-electron chi connectivity index (χ1n) is 10.6. The summed E-state index contributed by atoms with van der Waals surface area (Å²) >= 11 is 14.3. The van der Waals surface area contributed by atoms with Gasteiger partial charge in [-0.3, -0.25) is 9.59 Å². The fourth-order valence-corrected chi connectivity index (χ4v) is 4.60. The monoisotopic (exact) mass is 618 g/mol. The highest BCUT2D eigenvalue weighted by molar-refractivity contribution is 14.1. The van der Waals surface area contributed by atoms with Crippen molar-refractivity contribution in [2.45, 2.75) is 38.1 Å². The maximum Gasteiger partial charge on any atom is 0.247 e. The van der Waals surface area contributed by atoms with E-state index in [2.05, 4.69) is 27.9 Å². The van der Waals surface area contributed by atoms with Crippen LogP contribution < -0.4 is 10.1 Å². The second kappa shape index (κ2) is 12.2. The molecule has 0 radical (unpaired) electrons. The smallest absolute Gasteiger partial charge is 0.247 e. The number of amides is 2. The third-order valence-corrected chi connectivity index (χ3v) is 7.09. The van der Waals surface area contributed by atoms with Gasteiger partial charge < -0.3 is 25.2 Å². The summed E-state index contributed by atoms with van der Waals surface area (Å²) < 4.78 is 6.93.